The molecule has 0 spiro atoms. The number of piperazine rings is 1. The molecule has 7 heteroatoms. The molecule has 1 atom stereocenters. The van der Waals surface area contributed by atoms with Gasteiger partial charge in [-0.2, -0.15) is 0 Å². The summed E-state index contributed by atoms with van der Waals surface area (Å²) >= 11 is 6.10. The van der Waals surface area contributed by atoms with E-state index in [2.05, 4.69) is 15.9 Å². The highest BCUT2D eigenvalue weighted by atomic mass is 35.5. The number of para-hydroxylation sites is 2. The molecular formula is C22H26ClN3O3. The first kappa shape index (κ1) is 19.9. The number of amides is 1. The van der Waals surface area contributed by atoms with E-state index >= 15 is 0 Å². The number of carbonyl (C=O) groups is 1. The highest BCUT2D eigenvalue weighted by Gasteiger charge is 2.25. The minimum atomic E-state index is -0.154. The summed E-state index contributed by atoms with van der Waals surface area (Å²) in [5, 5.41) is 0.748. The van der Waals surface area contributed by atoms with Crippen molar-refractivity contribution in [3.8, 4) is 11.5 Å². The van der Waals surface area contributed by atoms with E-state index in [1.54, 1.807) is 4.90 Å². The van der Waals surface area contributed by atoms with Crippen LogP contribution in [0.25, 0.3) is 0 Å². The Hall–Kier alpha value is -2.44. The van der Waals surface area contributed by atoms with Crippen molar-refractivity contribution in [2.75, 3.05) is 57.8 Å². The Labute approximate surface area is 176 Å². The Bertz CT molecular complexity index is 855. The maximum absolute atomic E-state index is 12.7. The number of benzene rings is 2. The summed E-state index contributed by atoms with van der Waals surface area (Å²) in [6, 6.07) is 15.5. The molecule has 29 heavy (non-hydrogen) atoms. The van der Waals surface area contributed by atoms with Crippen molar-refractivity contribution >= 4 is 23.2 Å². The number of likely N-dealkylation sites (N-methyl/N-ethyl adjacent to an activating group) is 1. The lowest BCUT2D eigenvalue weighted by Gasteiger charge is -2.36. The third-order valence-corrected chi connectivity index (χ3v) is 5.61. The predicted molar refractivity (Wildman–Crippen MR) is 114 cm³/mol. The van der Waals surface area contributed by atoms with E-state index in [1.807, 2.05) is 49.5 Å². The molecular weight excluding hydrogens is 390 g/mol. The second kappa shape index (κ2) is 8.93. The number of ether oxygens (including phenoxy) is 2. The number of carbonyl (C=O) groups excluding carboxylic acids is 1. The Balaban J connectivity index is 1.24. The van der Waals surface area contributed by atoms with Crippen molar-refractivity contribution in [3.05, 3.63) is 53.6 Å². The highest BCUT2D eigenvalue weighted by molar-refractivity contribution is 6.30. The molecule has 1 amide bonds. The fourth-order valence-corrected chi connectivity index (χ4v) is 3.89. The summed E-state index contributed by atoms with van der Waals surface area (Å²) < 4.78 is 11.7. The van der Waals surface area contributed by atoms with Crippen LogP contribution >= 0.6 is 11.6 Å². The Morgan fingerprint density at radius 3 is 2.62 bits per heavy atom. The third-order valence-electron chi connectivity index (χ3n) is 5.38. The van der Waals surface area contributed by atoms with Crippen molar-refractivity contribution in [2.24, 2.45) is 0 Å². The molecule has 2 aromatic carbocycles. The van der Waals surface area contributed by atoms with Gasteiger partial charge in [0.25, 0.3) is 0 Å². The van der Waals surface area contributed by atoms with Crippen LogP contribution in [0.2, 0.25) is 5.02 Å². The van der Waals surface area contributed by atoms with Gasteiger partial charge in [-0.15, -0.1) is 0 Å². The molecule has 2 aliphatic rings. The summed E-state index contributed by atoms with van der Waals surface area (Å²) in [4.78, 5) is 18.9. The Kier molecular flexibility index (Phi) is 6.11. The first-order valence-electron chi connectivity index (χ1n) is 9.94. The molecule has 1 fully saturated rings. The number of anilines is 1. The molecule has 0 N–H and O–H groups in total. The van der Waals surface area contributed by atoms with Crippen molar-refractivity contribution in [1.29, 1.82) is 0 Å². The van der Waals surface area contributed by atoms with E-state index in [0.717, 1.165) is 48.4 Å². The molecule has 2 heterocycles. The van der Waals surface area contributed by atoms with E-state index in [4.69, 9.17) is 21.1 Å². The lowest BCUT2D eigenvalue weighted by molar-refractivity contribution is -0.132. The summed E-state index contributed by atoms with van der Waals surface area (Å²) in [5.74, 6) is 1.60. The van der Waals surface area contributed by atoms with Crippen molar-refractivity contribution in [1.82, 2.24) is 9.80 Å². The average molecular weight is 416 g/mol. The molecule has 4 rings (SSSR count). The number of hydrogen-bond acceptors (Lipinski definition) is 5. The first-order chi connectivity index (χ1) is 14.1. The second-order valence-electron chi connectivity index (χ2n) is 7.51. The van der Waals surface area contributed by atoms with Gasteiger partial charge in [-0.25, -0.2) is 0 Å². The van der Waals surface area contributed by atoms with Crippen LogP contribution in [0.15, 0.2) is 48.5 Å². The zero-order valence-electron chi connectivity index (χ0n) is 16.6. The standard InChI is InChI=1S/C22H26ClN3O3/c1-24(14-19-16-28-20-7-2-3-8-21(20)29-19)22(27)15-25-9-11-26(12-10-25)18-6-4-5-17(23)13-18/h2-8,13,19H,9-12,14-16H2,1H3/t19-/m1/s1. The molecule has 1 saturated heterocycles. The highest BCUT2D eigenvalue weighted by Crippen LogP contribution is 2.31. The minimum Gasteiger partial charge on any atom is -0.486 e. The van der Waals surface area contributed by atoms with Gasteiger partial charge in [0.1, 0.15) is 6.61 Å². The molecule has 154 valence electrons. The molecule has 0 unspecified atom stereocenters. The van der Waals surface area contributed by atoms with Gasteiger partial charge in [0.15, 0.2) is 17.6 Å². The molecule has 0 aliphatic carbocycles. The van der Waals surface area contributed by atoms with Crippen molar-refractivity contribution in [3.63, 3.8) is 0 Å². The van der Waals surface area contributed by atoms with Crippen LogP contribution in [0, 0.1) is 0 Å². The SMILES string of the molecule is CN(C[C@@H]1COc2ccccc2O1)C(=O)CN1CCN(c2cccc(Cl)c2)CC1. The summed E-state index contributed by atoms with van der Waals surface area (Å²) in [5.41, 5.74) is 1.13. The van der Waals surface area contributed by atoms with Crippen molar-refractivity contribution < 1.29 is 14.3 Å². The molecule has 6 nitrogen and oxygen atoms in total. The van der Waals surface area contributed by atoms with Gasteiger partial charge >= 0.3 is 0 Å². The normalized spacial score (nSPS) is 19.1. The van der Waals surface area contributed by atoms with Gasteiger partial charge in [-0.1, -0.05) is 29.8 Å². The lowest BCUT2D eigenvalue weighted by atomic mass is 10.2. The first-order valence-corrected chi connectivity index (χ1v) is 10.3. The summed E-state index contributed by atoms with van der Waals surface area (Å²) in [6.07, 6.45) is -0.154. The van der Waals surface area contributed by atoms with Crippen LogP contribution < -0.4 is 14.4 Å². The summed E-state index contributed by atoms with van der Waals surface area (Å²) in [6.45, 7) is 4.85. The number of rotatable bonds is 5. The maximum Gasteiger partial charge on any atom is 0.236 e. The predicted octanol–water partition coefficient (Wildman–Crippen LogP) is 2.76. The number of fused-ring (bicyclic) bond motifs is 1. The van der Waals surface area contributed by atoms with E-state index in [0.29, 0.717) is 19.7 Å². The van der Waals surface area contributed by atoms with Crippen molar-refractivity contribution in [2.45, 2.75) is 6.10 Å². The van der Waals surface area contributed by atoms with E-state index in [-0.39, 0.29) is 12.0 Å². The molecule has 0 radical (unpaired) electrons. The Morgan fingerprint density at radius 2 is 1.86 bits per heavy atom. The zero-order chi connectivity index (χ0) is 20.2. The number of halogens is 1. The van der Waals surface area contributed by atoms with E-state index in [9.17, 15) is 4.79 Å². The van der Waals surface area contributed by atoms with Gasteiger partial charge in [-0.3, -0.25) is 9.69 Å². The van der Waals surface area contributed by atoms with Gasteiger partial charge in [0, 0.05) is 43.9 Å². The van der Waals surface area contributed by atoms with Gasteiger partial charge in [0.05, 0.1) is 13.1 Å². The van der Waals surface area contributed by atoms with Crippen LogP contribution in [0.5, 0.6) is 11.5 Å². The van der Waals surface area contributed by atoms with Crippen LogP contribution in [0.1, 0.15) is 0 Å². The largest absolute Gasteiger partial charge is 0.486 e. The minimum absolute atomic E-state index is 0.101. The van der Waals surface area contributed by atoms with Crippen LogP contribution in [0.3, 0.4) is 0 Å². The Morgan fingerprint density at radius 1 is 1.10 bits per heavy atom. The zero-order valence-corrected chi connectivity index (χ0v) is 17.3. The number of hydrogen-bond donors (Lipinski definition) is 0. The van der Waals surface area contributed by atoms with Gasteiger partial charge in [-0.05, 0) is 30.3 Å². The van der Waals surface area contributed by atoms with Gasteiger partial charge < -0.3 is 19.3 Å². The lowest BCUT2D eigenvalue weighted by Crippen LogP contribution is -2.51. The molecule has 0 bridgehead atoms. The summed E-state index contributed by atoms with van der Waals surface area (Å²) in [7, 11) is 1.83. The molecule has 2 aliphatic heterocycles. The maximum atomic E-state index is 12.7. The third kappa shape index (κ3) is 4.95. The smallest absolute Gasteiger partial charge is 0.236 e. The van der Waals surface area contributed by atoms with Crippen LogP contribution in [-0.2, 0) is 4.79 Å². The quantitative estimate of drug-likeness (QED) is 0.751. The van der Waals surface area contributed by atoms with E-state index in [1.165, 1.54) is 0 Å². The second-order valence-corrected chi connectivity index (χ2v) is 7.95. The molecule has 0 saturated carbocycles. The van der Waals surface area contributed by atoms with Crippen LogP contribution in [0.4, 0.5) is 5.69 Å². The fraction of sp³-hybridized carbons (Fsp3) is 0.409. The fourth-order valence-electron chi connectivity index (χ4n) is 3.71. The topological polar surface area (TPSA) is 45.3 Å². The van der Waals surface area contributed by atoms with Gasteiger partial charge in [0.2, 0.25) is 5.91 Å². The average Bonchev–Trinajstić information content (AvgIpc) is 2.74. The van der Waals surface area contributed by atoms with E-state index < -0.39 is 0 Å². The number of nitrogens with zero attached hydrogens (tertiary/aromatic N) is 3. The van der Waals surface area contributed by atoms with Crippen LogP contribution in [-0.4, -0.2) is 74.7 Å². The molecule has 0 aromatic heterocycles. The molecule has 2 aromatic rings. The monoisotopic (exact) mass is 415 g/mol.